The molecule has 1 heterocycles. The van der Waals surface area contributed by atoms with E-state index in [1.165, 1.54) is 34.6 Å². The van der Waals surface area contributed by atoms with Crippen molar-refractivity contribution in [2.75, 3.05) is 38.0 Å². The van der Waals surface area contributed by atoms with Crippen LogP contribution in [0.1, 0.15) is 5.56 Å². The maximum absolute atomic E-state index is 13.0. The first kappa shape index (κ1) is 22.2. The number of anilines is 1. The van der Waals surface area contributed by atoms with Crippen LogP contribution in [0.5, 0.6) is 0 Å². The fourth-order valence-electron chi connectivity index (χ4n) is 3.12. The van der Waals surface area contributed by atoms with E-state index in [4.69, 9.17) is 0 Å². The number of rotatable bonds is 5. The Balaban J connectivity index is 1.57. The minimum atomic E-state index is -4.59. The number of nitrogens with zero attached hydrogens (tertiary/aromatic N) is 2. The Morgan fingerprint density at radius 3 is 2.17 bits per heavy atom. The predicted molar refractivity (Wildman–Crippen MR) is 102 cm³/mol. The zero-order valence-electron chi connectivity index (χ0n) is 15.7. The standard InChI is InChI=1S/C19H19F4N3O3S/c20-14-5-7-15(8-6-14)30(28,29)26-11-9-25(10-12-26)13-18(27)24-17-4-2-1-3-16(17)19(21,22)23/h1-8H,9-13H2,(H,24,27). The van der Waals surface area contributed by atoms with E-state index in [1.807, 2.05) is 0 Å². The third kappa shape index (κ3) is 5.15. The van der Waals surface area contributed by atoms with E-state index >= 15 is 0 Å². The number of sulfonamides is 1. The molecule has 6 nitrogen and oxygen atoms in total. The summed E-state index contributed by atoms with van der Waals surface area (Å²) in [6.07, 6.45) is -4.59. The van der Waals surface area contributed by atoms with Gasteiger partial charge in [0.25, 0.3) is 0 Å². The molecular weight excluding hydrogens is 426 g/mol. The second-order valence-electron chi connectivity index (χ2n) is 6.73. The highest BCUT2D eigenvalue weighted by Gasteiger charge is 2.34. The zero-order valence-corrected chi connectivity index (χ0v) is 16.5. The van der Waals surface area contributed by atoms with Gasteiger partial charge < -0.3 is 5.32 Å². The van der Waals surface area contributed by atoms with Gasteiger partial charge >= 0.3 is 6.18 Å². The van der Waals surface area contributed by atoms with Crippen molar-refractivity contribution >= 4 is 21.6 Å². The molecule has 162 valence electrons. The minimum absolute atomic E-state index is 0.0288. The molecule has 2 aromatic rings. The summed E-state index contributed by atoms with van der Waals surface area (Å²) in [6, 6.07) is 9.18. The van der Waals surface area contributed by atoms with Gasteiger partial charge in [0.2, 0.25) is 15.9 Å². The molecule has 1 saturated heterocycles. The van der Waals surface area contributed by atoms with Crippen LogP contribution in [0.2, 0.25) is 0 Å². The van der Waals surface area contributed by atoms with Crippen molar-refractivity contribution in [3.8, 4) is 0 Å². The number of piperazine rings is 1. The first-order valence-electron chi connectivity index (χ1n) is 9.01. The van der Waals surface area contributed by atoms with Crippen LogP contribution < -0.4 is 5.32 Å². The molecule has 3 rings (SSSR count). The summed E-state index contributed by atoms with van der Waals surface area (Å²) in [5.74, 6) is -1.17. The second kappa shape index (κ2) is 8.70. The smallest absolute Gasteiger partial charge is 0.324 e. The molecule has 1 N–H and O–H groups in total. The van der Waals surface area contributed by atoms with Crippen LogP contribution in [0.4, 0.5) is 23.2 Å². The molecule has 11 heteroatoms. The van der Waals surface area contributed by atoms with E-state index in [-0.39, 0.29) is 43.3 Å². The Morgan fingerprint density at radius 1 is 0.967 bits per heavy atom. The van der Waals surface area contributed by atoms with E-state index in [1.54, 1.807) is 4.90 Å². The quantitative estimate of drug-likeness (QED) is 0.719. The van der Waals surface area contributed by atoms with Gasteiger partial charge in [-0.2, -0.15) is 17.5 Å². The molecule has 0 saturated carbocycles. The van der Waals surface area contributed by atoms with E-state index < -0.39 is 33.5 Å². The minimum Gasteiger partial charge on any atom is -0.324 e. The number of benzene rings is 2. The summed E-state index contributed by atoms with van der Waals surface area (Å²) in [7, 11) is -3.79. The fourth-order valence-corrected chi connectivity index (χ4v) is 4.54. The number of para-hydroxylation sites is 1. The number of hydrogen-bond acceptors (Lipinski definition) is 4. The zero-order chi connectivity index (χ0) is 21.9. The van der Waals surface area contributed by atoms with Crippen LogP contribution >= 0.6 is 0 Å². The molecule has 30 heavy (non-hydrogen) atoms. The highest BCUT2D eigenvalue weighted by molar-refractivity contribution is 7.89. The highest BCUT2D eigenvalue weighted by atomic mass is 32.2. The molecule has 1 aliphatic rings. The SMILES string of the molecule is O=C(CN1CCN(S(=O)(=O)c2ccc(F)cc2)CC1)Nc1ccccc1C(F)(F)F. The number of amides is 1. The molecule has 1 fully saturated rings. The van der Waals surface area contributed by atoms with Crippen LogP contribution in [0, 0.1) is 5.82 Å². The summed E-state index contributed by atoms with van der Waals surface area (Å²) in [4.78, 5) is 13.8. The molecule has 0 aliphatic carbocycles. The molecule has 1 aliphatic heterocycles. The van der Waals surface area contributed by atoms with Gasteiger partial charge in [-0.1, -0.05) is 12.1 Å². The van der Waals surface area contributed by atoms with Crippen LogP contribution in [0.15, 0.2) is 53.4 Å². The number of carbonyl (C=O) groups is 1. The number of halogens is 4. The predicted octanol–water partition coefficient (Wildman–Crippen LogP) is 2.79. The third-order valence-electron chi connectivity index (χ3n) is 4.66. The monoisotopic (exact) mass is 445 g/mol. The van der Waals surface area contributed by atoms with Gasteiger partial charge in [0.15, 0.2) is 0 Å². The van der Waals surface area contributed by atoms with Gasteiger partial charge in [0.1, 0.15) is 5.82 Å². The Hall–Kier alpha value is -2.50. The van der Waals surface area contributed by atoms with Gasteiger partial charge in [0.05, 0.1) is 22.7 Å². The Bertz CT molecular complexity index is 1000. The van der Waals surface area contributed by atoms with Crippen molar-refractivity contribution in [1.82, 2.24) is 9.21 Å². The summed E-state index contributed by atoms with van der Waals surface area (Å²) >= 11 is 0. The number of alkyl halides is 3. The van der Waals surface area contributed by atoms with Crippen molar-refractivity contribution < 1.29 is 30.8 Å². The van der Waals surface area contributed by atoms with E-state index in [0.29, 0.717) is 0 Å². The largest absolute Gasteiger partial charge is 0.418 e. The molecular formula is C19H19F4N3O3S. The van der Waals surface area contributed by atoms with Crippen molar-refractivity contribution in [2.24, 2.45) is 0 Å². The number of carbonyl (C=O) groups excluding carboxylic acids is 1. The Morgan fingerprint density at radius 2 is 1.57 bits per heavy atom. The van der Waals surface area contributed by atoms with Gasteiger partial charge in [-0.3, -0.25) is 9.69 Å². The van der Waals surface area contributed by atoms with E-state index in [2.05, 4.69) is 5.32 Å². The molecule has 0 atom stereocenters. The first-order valence-corrected chi connectivity index (χ1v) is 10.5. The van der Waals surface area contributed by atoms with Crippen molar-refractivity contribution in [3.63, 3.8) is 0 Å². The number of hydrogen-bond donors (Lipinski definition) is 1. The average Bonchev–Trinajstić information content (AvgIpc) is 2.68. The average molecular weight is 445 g/mol. The second-order valence-corrected chi connectivity index (χ2v) is 8.66. The van der Waals surface area contributed by atoms with Crippen molar-refractivity contribution in [2.45, 2.75) is 11.1 Å². The Kier molecular flexibility index (Phi) is 6.44. The first-order chi connectivity index (χ1) is 14.1. The lowest BCUT2D eigenvalue weighted by atomic mass is 10.1. The maximum Gasteiger partial charge on any atom is 0.418 e. The summed E-state index contributed by atoms with van der Waals surface area (Å²) < 4.78 is 78.5. The van der Waals surface area contributed by atoms with Crippen LogP contribution in [-0.4, -0.2) is 56.3 Å². The molecule has 0 aromatic heterocycles. The summed E-state index contributed by atoms with van der Waals surface area (Å²) in [5, 5.41) is 2.27. The molecule has 0 spiro atoms. The lowest BCUT2D eigenvalue weighted by molar-refractivity contribution is -0.137. The van der Waals surface area contributed by atoms with Crippen LogP contribution in [0.25, 0.3) is 0 Å². The Labute approximate surface area is 171 Å². The lowest BCUT2D eigenvalue weighted by Crippen LogP contribution is -2.50. The van der Waals surface area contributed by atoms with E-state index in [9.17, 15) is 30.8 Å². The summed E-state index contributed by atoms with van der Waals surface area (Å²) in [5.41, 5.74) is -1.26. The molecule has 0 unspecified atom stereocenters. The maximum atomic E-state index is 13.0. The lowest BCUT2D eigenvalue weighted by Gasteiger charge is -2.33. The number of nitrogens with one attached hydrogen (secondary N) is 1. The topological polar surface area (TPSA) is 69.7 Å². The van der Waals surface area contributed by atoms with E-state index in [0.717, 1.165) is 18.2 Å². The van der Waals surface area contributed by atoms with Gasteiger partial charge in [-0.25, -0.2) is 12.8 Å². The third-order valence-corrected chi connectivity index (χ3v) is 6.57. The highest BCUT2D eigenvalue weighted by Crippen LogP contribution is 2.34. The normalized spacial score (nSPS) is 16.4. The van der Waals surface area contributed by atoms with Crippen LogP contribution in [0.3, 0.4) is 0 Å². The molecule has 0 radical (unpaired) electrons. The van der Waals surface area contributed by atoms with Gasteiger partial charge in [-0.15, -0.1) is 0 Å². The van der Waals surface area contributed by atoms with Gasteiger partial charge in [0, 0.05) is 26.2 Å². The molecule has 2 aromatic carbocycles. The van der Waals surface area contributed by atoms with Crippen molar-refractivity contribution in [3.05, 3.63) is 59.9 Å². The van der Waals surface area contributed by atoms with Crippen molar-refractivity contribution in [1.29, 1.82) is 0 Å². The van der Waals surface area contributed by atoms with Gasteiger partial charge in [-0.05, 0) is 36.4 Å². The van der Waals surface area contributed by atoms with Crippen LogP contribution in [-0.2, 0) is 21.0 Å². The molecule has 1 amide bonds. The summed E-state index contributed by atoms with van der Waals surface area (Å²) in [6.45, 7) is 0.498. The fraction of sp³-hybridized carbons (Fsp3) is 0.316. The molecule has 0 bridgehead atoms.